The summed E-state index contributed by atoms with van der Waals surface area (Å²) in [7, 11) is 1.90. The number of aryl methyl sites for hydroxylation is 4. The molecule has 1 aromatic carbocycles. The van der Waals surface area contributed by atoms with Crippen molar-refractivity contribution in [3.63, 3.8) is 0 Å². The van der Waals surface area contributed by atoms with E-state index in [1.165, 1.54) is 29.7 Å². The number of carbonyl (C=O) groups is 1. The van der Waals surface area contributed by atoms with Gasteiger partial charge in [0, 0.05) is 10.6 Å². The van der Waals surface area contributed by atoms with E-state index < -0.39 is 0 Å². The maximum atomic E-state index is 12.5. The van der Waals surface area contributed by atoms with Crippen molar-refractivity contribution < 1.29 is 4.79 Å². The van der Waals surface area contributed by atoms with Crippen LogP contribution in [0.4, 0.5) is 11.5 Å². The molecular weight excluding hydrogens is 394 g/mol. The number of nitrogen functional groups attached to an aromatic ring is 1. The minimum Gasteiger partial charge on any atom is -0.383 e. The number of hydrogen-bond acceptors (Lipinski definition) is 6. The molecule has 2 heterocycles. The molecule has 0 fully saturated rings. The summed E-state index contributed by atoms with van der Waals surface area (Å²) in [4.78, 5) is 26.2. The minimum atomic E-state index is -0.0493. The Kier molecular flexibility index (Phi) is 6.01. The molecule has 0 bridgehead atoms. The van der Waals surface area contributed by atoms with Gasteiger partial charge in [0.2, 0.25) is 5.91 Å². The zero-order valence-corrected chi connectivity index (χ0v) is 18.7. The normalized spacial score (nSPS) is 14.0. The highest BCUT2D eigenvalue weighted by Crippen LogP contribution is 2.37. The Morgan fingerprint density at radius 1 is 1.17 bits per heavy atom. The SMILES string of the molecule is Cc1cccc(C)c1NC(=O)CN(C)Cc1nc(N)c2c3c(sc2n1)CCCCC3. The first-order valence-corrected chi connectivity index (χ1v) is 11.3. The van der Waals surface area contributed by atoms with Crippen LogP contribution in [0.5, 0.6) is 0 Å². The highest BCUT2D eigenvalue weighted by Gasteiger charge is 2.20. The van der Waals surface area contributed by atoms with Crippen molar-refractivity contribution in [2.75, 3.05) is 24.6 Å². The Morgan fingerprint density at radius 3 is 2.67 bits per heavy atom. The van der Waals surface area contributed by atoms with Crippen molar-refractivity contribution in [2.45, 2.75) is 52.5 Å². The van der Waals surface area contributed by atoms with Crippen molar-refractivity contribution in [3.05, 3.63) is 45.6 Å². The second-order valence-electron chi connectivity index (χ2n) is 8.26. The summed E-state index contributed by atoms with van der Waals surface area (Å²) >= 11 is 1.76. The van der Waals surface area contributed by atoms with Crippen molar-refractivity contribution in [2.24, 2.45) is 0 Å². The lowest BCUT2D eigenvalue weighted by Crippen LogP contribution is -2.30. The Bertz CT molecular complexity index is 1070. The Balaban J connectivity index is 1.46. The van der Waals surface area contributed by atoms with E-state index in [2.05, 4.69) is 10.3 Å². The smallest absolute Gasteiger partial charge is 0.238 e. The quantitative estimate of drug-likeness (QED) is 0.600. The van der Waals surface area contributed by atoms with Crippen LogP contribution >= 0.6 is 11.3 Å². The molecule has 1 aliphatic rings. The van der Waals surface area contributed by atoms with Gasteiger partial charge < -0.3 is 11.1 Å². The summed E-state index contributed by atoms with van der Waals surface area (Å²) in [5.41, 5.74) is 10.7. The van der Waals surface area contributed by atoms with Crippen LogP contribution in [0.25, 0.3) is 10.2 Å². The van der Waals surface area contributed by atoms with Gasteiger partial charge in [-0.05, 0) is 63.3 Å². The molecular formula is C23H29N5OS. The van der Waals surface area contributed by atoms with Gasteiger partial charge in [-0.1, -0.05) is 24.6 Å². The van der Waals surface area contributed by atoms with Crippen LogP contribution in [-0.4, -0.2) is 34.4 Å². The number of fused-ring (bicyclic) bond motifs is 3. The molecule has 2 aromatic heterocycles. The van der Waals surface area contributed by atoms with Crippen LogP contribution in [0.2, 0.25) is 0 Å². The molecule has 0 unspecified atom stereocenters. The number of anilines is 2. The molecule has 4 rings (SSSR count). The first kappa shape index (κ1) is 20.8. The van der Waals surface area contributed by atoms with Crippen LogP contribution in [0, 0.1) is 13.8 Å². The summed E-state index contributed by atoms with van der Waals surface area (Å²) < 4.78 is 0. The number of nitrogens with one attached hydrogen (secondary N) is 1. The van der Waals surface area contributed by atoms with Gasteiger partial charge in [0.25, 0.3) is 0 Å². The van der Waals surface area contributed by atoms with Crippen LogP contribution < -0.4 is 11.1 Å². The summed E-state index contributed by atoms with van der Waals surface area (Å²) in [5.74, 6) is 1.19. The van der Waals surface area contributed by atoms with E-state index >= 15 is 0 Å². The molecule has 0 radical (unpaired) electrons. The molecule has 0 aliphatic heterocycles. The Hall–Kier alpha value is -2.51. The molecule has 0 spiro atoms. The van der Waals surface area contributed by atoms with E-state index in [1.807, 2.05) is 44.0 Å². The molecule has 1 aliphatic carbocycles. The molecule has 158 valence electrons. The predicted molar refractivity (Wildman–Crippen MR) is 124 cm³/mol. The first-order chi connectivity index (χ1) is 14.4. The van der Waals surface area contributed by atoms with Gasteiger partial charge in [-0.25, -0.2) is 9.97 Å². The van der Waals surface area contributed by atoms with Gasteiger partial charge >= 0.3 is 0 Å². The number of para-hydroxylation sites is 1. The van der Waals surface area contributed by atoms with Gasteiger partial charge in [0.05, 0.1) is 18.5 Å². The monoisotopic (exact) mass is 423 g/mol. The lowest BCUT2D eigenvalue weighted by molar-refractivity contribution is -0.117. The van der Waals surface area contributed by atoms with Crippen molar-refractivity contribution in [1.82, 2.24) is 14.9 Å². The molecule has 1 amide bonds. The molecule has 3 N–H and O–H groups in total. The highest BCUT2D eigenvalue weighted by molar-refractivity contribution is 7.19. The van der Waals surface area contributed by atoms with E-state index in [4.69, 9.17) is 10.7 Å². The van der Waals surface area contributed by atoms with Crippen LogP contribution in [-0.2, 0) is 24.2 Å². The van der Waals surface area contributed by atoms with Crippen molar-refractivity contribution in [3.8, 4) is 0 Å². The number of carbonyl (C=O) groups excluding carboxylic acids is 1. The first-order valence-electron chi connectivity index (χ1n) is 10.5. The fourth-order valence-electron chi connectivity index (χ4n) is 4.21. The van der Waals surface area contributed by atoms with Gasteiger partial charge in [-0.15, -0.1) is 11.3 Å². The van der Waals surface area contributed by atoms with Gasteiger partial charge in [-0.2, -0.15) is 0 Å². The second-order valence-corrected chi connectivity index (χ2v) is 9.34. The average Bonchev–Trinajstić information content (AvgIpc) is 2.86. The number of likely N-dealkylation sites (N-methyl/N-ethyl adjacent to an activating group) is 1. The number of amides is 1. The third-order valence-corrected chi connectivity index (χ3v) is 6.90. The standard InChI is InChI=1S/C23H29N5OS/c1-14-8-7-9-15(2)21(14)27-19(29)13-28(3)12-18-25-22(24)20-16-10-5-4-6-11-17(16)30-23(20)26-18/h7-9H,4-6,10-13H2,1-3H3,(H,27,29)(H2,24,25,26). The summed E-state index contributed by atoms with van der Waals surface area (Å²) in [6.45, 7) is 4.74. The van der Waals surface area contributed by atoms with Gasteiger partial charge in [-0.3, -0.25) is 9.69 Å². The molecule has 0 atom stereocenters. The molecule has 0 saturated heterocycles. The lowest BCUT2D eigenvalue weighted by Gasteiger charge is -2.17. The summed E-state index contributed by atoms with van der Waals surface area (Å²) in [6.07, 6.45) is 5.90. The van der Waals surface area contributed by atoms with E-state index in [1.54, 1.807) is 11.3 Å². The summed E-state index contributed by atoms with van der Waals surface area (Å²) in [5, 5.41) is 4.08. The zero-order valence-electron chi connectivity index (χ0n) is 17.9. The molecule has 0 saturated carbocycles. The third kappa shape index (κ3) is 4.32. The van der Waals surface area contributed by atoms with Crippen molar-refractivity contribution in [1.29, 1.82) is 0 Å². The second kappa shape index (κ2) is 8.70. The predicted octanol–water partition coefficient (Wildman–Crippen LogP) is 4.23. The number of aromatic nitrogens is 2. The number of rotatable bonds is 5. The molecule has 3 aromatic rings. The fourth-order valence-corrected chi connectivity index (χ4v) is 5.50. The Labute approximate surface area is 181 Å². The van der Waals surface area contributed by atoms with E-state index in [0.29, 0.717) is 18.2 Å². The van der Waals surface area contributed by atoms with E-state index in [9.17, 15) is 4.79 Å². The summed E-state index contributed by atoms with van der Waals surface area (Å²) in [6, 6.07) is 6.00. The Morgan fingerprint density at radius 2 is 1.90 bits per heavy atom. The topological polar surface area (TPSA) is 84.1 Å². The highest BCUT2D eigenvalue weighted by atomic mass is 32.1. The average molecular weight is 424 g/mol. The van der Waals surface area contributed by atoms with Crippen LogP contribution in [0.3, 0.4) is 0 Å². The molecule has 6 nitrogen and oxygen atoms in total. The minimum absolute atomic E-state index is 0.0493. The number of benzene rings is 1. The zero-order chi connectivity index (χ0) is 21.3. The maximum absolute atomic E-state index is 12.5. The molecule has 30 heavy (non-hydrogen) atoms. The maximum Gasteiger partial charge on any atom is 0.238 e. The van der Waals surface area contributed by atoms with Gasteiger partial charge in [0.1, 0.15) is 16.5 Å². The lowest BCUT2D eigenvalue weighted by atomic mass is 10.1. The number of hydrogen-bond donors (Lipinski definition) is 2. The number of nitrogens with two attached hydrogens (primary N) is 1. The van der Waals surface area contributed by atoms with E-state index in [0.717, 1.165) is 39.9 Å². The number of thiophene rings is 1. The number of nitrogens with zero attached hydrogens (tertiary/aromatic N) is 3. The van der Waals surface area contributed by atoms with E-state index in [-0.39, 0.29) is 12.5 Å². The molecule has 7 heteroatoms. The fraction of sp³-hybridized carbons (Fsp3) is 0.435. The van der Waals surface area contributed by atoms with Crippen LogP contribution in [0.15, 0.2) is 18.2 Å². The van der Waals surface area contributed by atoms with Gasteiger partial charge in [0.15, 0.2) is 0 Å². The largest absolute Gasteiger partial charge is 0.383 e. The van der Waals surface area contributed by atoms with Crippen molar-refractivity contribution >= 4 is 39.0 Å². The van der Waals surface area contributed by atoms with Crippen LogP contribution in [0.1, 0.15) is 46.7 Å². The third-order valence-electron chi connectivity index (χ3n) is 5.71.